The first-order valence-electron chi connectivity index (χ1n) is 4.37. The third-order valence-corrected chi connectivity index (χ3v) is 1.65. The van der Waals surface area contributed by atoms with Gasteiger partial charge in [-0.05, 0) is 17.7 Å². The molecule has 0 aliphatic carbocycles. The summed E-state index contributed by atoms with van der Waals surface area (Å²) in [6.07, 6.45) is 3.57. The second kappa shape index (κ2) is 6.00. The second-order valence-electron chi connectivity index (χ2n) is 2.71. The summed E-state index contributed by atoms with van der Waals surface area (Å²) in [6.45, 7) is 3.90. The largest absolute Gasteiger partial charge is 0.468 e. The molecule has 0 atom stereocenters. The fourth-order valence-electron chi connectivity index (χ4n) is 1.00. The lowest BCUT2D eigenvalue weighted by molar-refractivity contribution is 0.0112. The fraction of sp³-hybridized carbons (Fsp3) is 0.167. The molecule has 0 radical (unpaired) electrons. The Kier molecular flexibility index (Phi) is 4.51. The average molecular weight is 190 g/mol. The van der Waals surface area contributed by atoms with E-state index in [1.807, 2.05) is 36.4 Å². The van der Waals surface area contributed by atoms with Gasteiger partial charge in [0.1, 0.15) is 5.76 Å². The molecule has 2 nitrogen and oxygen atoms in total. The summed E-state index contributed by atoms with van der Waals surface area (Å²) in [4.78, 5) is 0. The summed E-state index contributed by atoms with van der Waals surface area (Å²) in [5.41, 5.74) is 1.08. The Bertz CT molecular complexity index is 301. The van der Waals surface area contributed by atoms with E-state index < -0.39 is 0 Å². The summed E-state index contributed by atoms with van der Waals surface area (Å²) in [5.74, 6) is 0.707. The summed E-state index contributed by atoms with van der Waals surface area (Å²) in [5, 5.41) is 0. The van der Waals surface area contributed by atoms with Gasteiger partial charge in [0.25, 0.3) is 0 Å². The van der Waals surface area contributed by atoms with Crippen LogP contribution >= 0.6 is 0 Å². The van der Waals surface area contributed by atoms with Crippen molar-refractivity contribution in [2.24, 2.45) is 0 Å². The van der Waals surface area contributed by atoms with E-state index in [4.69, 9.17) is 9.47 Å². The van der Waals surface area contributed by atoms with E-state index >= 15 is 0 Å². The second-order valence-corrected chi connectivity index (χ2v) is 2.71. The highest BCUT2D eigenvalue weighted by Gasteiger charge is 1.92. The van der Waals surface area contributed by atoms with Crippen LogP contribution in [0.4, 0.5) is 0 Å². The third-order valence-electron chi connectivity index (χ3n) is 1.65. The minimum atomic E-state index is 0.241. The van der Waals surface area contributed by atoms with Gasteiger partial charge in [-0.15, -0.1) is 0 Å². The van der Waals surface area contributed by atoms with Crippen molar-refractivity contribution in [3.63, 3.8) is 0 Å². The summed E-state index contributed by atoms with van der Waals surface area (Å²) in [7, 11) is 1.59. The normalized spacial score (nSPS) is 11.1. The first kappa shape index (κ1) is 10.5. The topological polar surface area (TPSA) is 18.5 Å². The van der Waals surface area contributed by atoms with Crippen molar-refractivity contribution in [2.45, 2.75) is 0 Å². The Morgan fingerprint density at radius 2 is 2.07 bits per heavy atom. The summed E-state index contributed by atoms with van der Waals surface area (Å²) in [6, 6.07) is 9.92. The van der Waals surface area contributed by atoms with Crippen molar-refractivity contribution in [3.8, 4) is 0 Å². The molecule has 0 bridgehead atoms. The van der Waals surface area contributed by atoms with E-state index in [-0.39, 0.29) is 6.79 Å². The molecule has 14 heavy (non-hydrogen) atoms. The van der Waals surface area contributed by atoms with Crippen LogP contribution in [-0.4, -0.2) is 13.9 Å². The summed E-state index contributed by atoms with van der Waals surface area (Å²) >= 11 is 0. The van der Waals surface area contributed by atoms with Crippen molar-refractivity contribution in [3.05, 3.63) is 54.3 Å². The zero-order valence-corrected chi connectivity index (χ0v) is 8.27. The first-order chi connectivity index (χ1) is 6.86. The van der Waals surface area contributed by atoms with Gasteiger partial charge >= 0.3 is 0 Å². The third kappa shape index (κ3) is 3.46. The Balaban J connectivity index is 2.68. The van der Waals surface area contributed by atoms with E-state index in [0.29, 0.717) is 5.76 Å². The van der Waals surface area contributed by atoms with Crippen molar-refractivity contribution < 1.29 is 9.47 Å². The van der Waals surface area contributed by atoms with Gasteiger partial charge in [0, 0.05) is 7.11 Å². The molecule has 1 aromatic rings. The van der Waals surface area contributed by atoms with E-state index in [1.54, 1.807) is 13.2 Å². The Hall–Kier alpha value is -1.54. The molecule has 0 aliphatic heterocycles. The van der Waals surface area contributed by atoms with Crippen LogP contribution in [0.3, 0.4) is 0 Å². The van der Waals surface area contributed by atoms with Crippen LogP contribution in [0.5, 0.6) is 0 Å². The van der Waals surface area contributed by atoms with Gasteiger partial charge in [0.05, 0.1) is 0 Å². The zero-order chi connectivity index (χ0) is 10.2. The van der Waals surface area contributed by atoms with Crippen LogP contribution < -0.4 is 0 Å². The van der Waals surface area contributed by atoms with Crippen molar-refractivity contribution in [1.82, 2.24) is 0 Å². The molecule has 0 saturated heterocycles. The molecule has 0 aromatic heterocycles. The fourth-order valence-corrected chi connectivity index (χ4v) is 1.00. The Morgan fingerprint density at radius 3 is 2.64 bits per heavy atom. The quantitative estimate of drug-likeness (QED) is 0.404. The minimum Gasteiger partial charge on any atom is -0.468 e. The van der Waals surface area contributed by atoms with Gasteiger partial charge < -0.3 is 9.47 Å². The van der Waals surface area contributed by atoms with Crippen LogP contribution in [0.15, 0.2) is 48.7 Å². The maximum Gasteiger partial charge on any atom is 0.188 e. The molecule has 1 rings (SSSR count). The lowest BCUT2D eigenvalue weighted by Gasteiger charge is -2.04. The molecular formula is C12H14O2. The van der Waals surface area contributed by atoms with Crippen molar-refractivity contribution in [2.75, 3.05) is 13.9 Å². The highest BCUT2D eigenvalue weighted by Crippen LogP contribution is 2.08. The van der Waals surface area contributed by atoms with Gasteiger partial charge in [-0.25, -0.2) is 0 Å². The maximum atomic E-state index is 5.27. The number of allylic oxidation sites excluding steroid dienone is 1. The molecule has 1 aromatic carbocycles. The van der Waals surface area contributed by atoms with Gasteiger partial charge in [-0.2, -0.15) is 0 Å². The number of benzene rings is 1. The highest BCUT2D eigenvalue weighted by atomic mass is 16.7. The van der Waals surface area contributed by atoms with E-state index in [9.17, 15) is 0 Å². The average Bonchev–Trinajstić information content (AvgIpc) is 2.25. The number of methoxy groups -OCH3 is 1. The smallest absolute Gasteiger partial charge is 0.188 e. The molecule has 0 fully saturated rings. The number of rotatable bonds is 5. The highest BCUT2D eigenvalue weighted by molar-refractivity contribution is 5.53. The molecule has 74 valence electrons. The standard InChI is InChI=1S/C12H14O2/c1-3-12(14-10-13-2)9-11-7-5-4-6-8-11/h3-9H,1,10H2,2H3/b12-9+. The SMILES string of the molecule is C=C/C(=C\c1ccccc1)OCOC. The summed E-state index contributed by atoms with van der Waals surface area (Å²) < 4.78 is 10.1. The molecule has 0 saturated carbocycles. The zero-order valence-electron chi connectivity index (χ0n) is 8.27. The maximum absolute atomic E-state index is 5.27. The van der Waals surface area contributed by atoms with Crippen LogP contribution in [0.1, 0.15) is 5.56 Å². The van der Waals surface area contributed by atoms with Crippen molar-refractivity contribution in [1.29, 1.82) is 0 Å². The molecule has 0 spiro atoms. The first-order valence-corrected chi connectivity index (χ1v) is 4.37. The number of ether oxygens (including phenoxy) is 2. The van der Waals surface area contributed by atoms with Gasteiger partial charge in [-0.1, -0.05) is 36.9 Å². The van der Waals surface area contributed by atoms with Gasteiger partial charge in [0.15, 0.2) is 6.79 Å². The van der Waals surface area contributed by atoms with Gasteiger partial charge in [-0.3, -0.25) is 0 Å². The van der Waals surface area contributed by atoms with E-state index in [0.717, 1.165) is 5.56 Å². The molecule has 0 N–H and O–H groups in total. The van der Waals surface area contributed by atoms with E-state index in [2.05, 4.69) is 6.58 Å². The molecule has 2 heteroatoms. The lowest BCUT2D eigenvalue weighted by Crippen LogP contribution is -1.94. The molecule has 0 heterocycles. The van der Waals surface area contributed by atoms with Crippen LogP contribution in [0.2, 0.25) is 0 Å². The predicted octanol–water partition coefficient (Wildman–Crippen LogP) is 2.83. The van der Waals surface area contributed by atoms with E-state index in [1.165, 1.54) is 0 Å². The molecular weight excluding hydrogens is 176 g/mol. The monoisotopic (exact) mass is 190 g/mol. The number of hydrogen-bond acceptors (Lipinski definition) is 2. The van der Waals surface area contributed by atoms with Crippen LogP contribution in [-0.2, 0) is 9.47 Å². The molecule has 0 aliphatic rings. The van der Waals surface area contributed by atoms with Crippen LogP contribution in [0, 0.1) is 0 Å². The Labute approximate surface area is 84.5 Å². The Morgan fingerprint density at radius 1 is 1.36 bits per heavy atom. The molecule has 0 unspecified atom stereocenters. The molecule has 0 amide bonds. The predicted molar refractivity (Wildman–Crippen MR) is 57.6 cm³/mol. The minimum absolute atomic E-state index is 0.241. The number of hydrogen-bond donors (Lipinski definition) is 0. The van der Waals surface area contributed by atoms with Crippen LogP contribution in [0.25, 0.3) is 6.08 Å². The van der Waals surface area contributed by atoms with Crippen molar-refractivity contribution >= 4 is 6.08 Å². The lowest BCUT2D eigenvalue weighted by atomic mass is 10.2. The van der Waals surface area contributed by atoms with Gasteiger partial charge in [0.2, 0.25) is 0 Å².